The summed E-state index contributed by atoms with van der Waals surface area (Å²) >= 11 is 0. The van der Waals surface area contributed by atoms with Crippen molar-refractivity contribution < 1.29 is 28.0 Å². The van der Waals surface area contributed by atoms with Crippen LogP contribution in [-0.2, 0) is 17.6 Å². The number of alkyl halides is 2. The first-order chi connectivity index (χ1) is 17.8. The lowest BCUT2D eigenvalue weighted by Crippen LogP contribution is -2.44. The van der Waals surface area contributed by atoms with Gasteiger partial charge in [0.2, 0.25) is 6.43 Å². The highest BCUT2D eigenvalue weighted by Crippen LogP contribution is 2.36. The quantitative estimate of drug-likeness (QED) is 0.315. The lowest BCUT2D eigenvalue weighted by atomic mass is 9.83. The highest BCUT2D eigenvalue weighted by atomic mass is 19.3. The Morgan fingerprint density at radius 3 is 2.51 bits per heavy atom. The van der Waals surface area contributed by atoms with E-state index in [4.69, 9.17) is 9.47 Å². The molecular formula is C26H28F2N4O5. The van der Waals surface area contributed by atoms with E-state index in [2.05, 4.69) is 10.2 Å². The molecule has 0 radical (unpaired) electrons. The topological polar surface area (TPSA) is 111 Å². The fourth-order valence-electron chi connectivity index (χ4n) is 4.54. The lowest BCUT2D eigenvalue weighted by molar-refractivity contribution is -0.384. The van der Waals surface area contributed by atoms with Crippen LogP contribution in [0.1, 0.15) is 40.8 Å². The number of aromatic nitrogens is 2. The van der Waals surface area contributed by atoms with E-state index in [0.717, 1.165) is 17.0 Å². The fraction of sp³-hybridized carbons (Fsp3) is 0.385. The number of ether oxygens (including phenoxy) is 2. The number of nitrogens with one attached hydrogen (secondary N) is 1. The summed E-state index contributed by atoms with van der Waals surface area (Å²) in [5.74, 6) is 0.0478. The van der Waals surface area contributed by atoms with Crippen molar-refractivity contribution >= 4 is 11.8 Å². The SMILES string of the molecule is COCCc1cc(C2CC(c3ccc(CC(F)F)cc3)CN(C(=O)Oc3ccc([N+](=O)[O-])cc3)C2)n[nH]1. The fourth-order valence-corrected chi connectivity index (χ4v) is 4.54. The molecule has 37 heavy (non-hydrogen) atoms. The largest absolute Gasteiger partial charge is 0.415 e. The number of carbonyl (C=O) groups is 1. The Labute approximate surface area is 212 Å². The minimum atomic E-state index is -2.42. The van der Waals surface area contributed by atoms with Gasteiger partial charge >= 0.3 is 6.09 Å². The Morgan fingerprint density at radius 1 is 1.16 bits per heavy atom. The van der Waals surface area contributed by atoms with Gasteiger partial charge in [0, 0.05) is 62.7 Å². The van der Waals surface area contributed by atoms with E-state index in [1.54, 1.807) is 24.1 Å². The van der Waals surface area contributed by atoms with Crippen LogP contribution in [-0.4, -0.2) is 59.3 Å². The van der Waals surface area contributed by atoms with Gasteiger partial charge in [-0.15, -0.1) is 0 Å². The monoisotopic (exact) mass is 514 g/mol. The van der Waals surface area contributed by atoms with E-state index in [-0.39, 0.29) is 29.7 Å². The number of carbonyl (C=O) groups excluding carboxylic acids is 1. The molecule has 3 aromatic rings. The Balaban J connectivity index is 1.53. The molecule has 1 saturated heterocycles. The predicted octanol–water partition coefficient (Wildman–Crippen LogP) is 5.09. The molecule has 0 aliphatic carbocycles. The third-order valence-corrected chi connectivity index (χ3v) is 6.45. The van der Waals surface area contributed by atoms with Crippen molar-refractivity contribution in [3.8, 4) is 5.75 Å². The zero-order valence-corrected chi connectivity index (χ0v) is 20.3. The Hall–Kier alpha value is -3.86. The van der Waals surface area contributed by atoms with Gasteiger partial charge in [-0.1, -0.05) is 24.3 Å². The van der Waals surface area contributed by atoms with Crippen LogP contribution in [0.4, 0.5) is 19.3 Å². The van der Waals surface area contributed by atoms with Crippen molar-refractivity contribution in [2.45, 2.75) is 37.5 Å². The second kappa shape index (κ2) is 11.9. The first-order valence-corrected chi connectivity index (χ1v) is 11.9. The molecule has 1 aliphatic heterocycles. The van der Waals surface area contributed by atoms with Gasteiger partial charge in [0.15, 0.2) is 0 Å². The maximum absolute atomic E-state index is 13.1. The number of hydrogen-bond acceptors (Lipinski definition) is 6. The molecule has 9 nitrogen and oxygen atoms in total. The highest BCUT2D eigenvalue weighted by Gasteiger charge is 2.34. The minimum absolute atomic E-state index is 0.0668. The molecule has 1 fully saturated rings. The second-order valence-electron chi connectivity index (χ2n) is 9.05. The zero-order valence-electron chi connectivity index (χ0n) is 20.3. The average Bonchev–Trinajstić information content (AvgIpc) is 3.37. The number of aromatic amines is 1. The number of amides is 1. The van der Waals surface area contributed by atoms with Gasteiger partial charge in [0.25, 0.3) is 5.69 Å². The van der Waals surface area contributed by atoms with Crippen molar-refractivity contribution in [2.24, 2.45) is 0 Å². The summed E-state index contributed by atoms with van der Waals surface area (Å²) in [7, 11) is 1.63. The van der Waals surface area contributed by atoms with Gasteiger partial charge in [-0.05, 0) is 35.7 Å². The van der Waals surface area contributed by atoms with Gasteiger partial charge in [-0.25, -0.2) is 13.6 Å². The molecule has 1 N–H and O–H groups in total. The first kappa shape index (κ1) is 26.2. The molecule has 0 bridgehead atoms. The van der Waals surface area contributed by atoms with Gasteiger partial charge < -0.3 is 14.4 Å². The van der Waals surface area contributed by atoms with Crippen molar-refractivity contribution in [1.82, 2.24) is 15.1 Å². The van der Waals surface area contributed by atoms with Crippen LogP contribution >= 0.6 is 0 Å². The number of hydrogen-bond donors (Lipinski definition) is 1. The van der Waals surface area contributed by atoms with Crippen molar-refractivity contribution in [3.63, 3.8) is 0 Å². The number of non-ortho nitro benzene ring substituents is 1. The molecule has 2 atom stereocenters. The number of nitrogens with zero attached hydrogens (tertiary/aromatic N) is 3. The molecule has 1 aliphatic rings. The number of nitro groups is 1. The molecule has 4 rings (SSSR count). The van der Waals surface area contributed by atoms with Gasteiger partial charge in [0.1, 0.15) is 5.75 Å². The normalized spacial score (nSPS) is 17.7. The number of likely N-dealkylation sites (tertiary alicyclic amines) is 1. The first-order valence-electron chi connectivity index (χ1n) is 11.9. The maximum Gasteiger partial charge on any atom is 0.415 e. The molecule has 2 unspecified atom stereocenters. The summed E-state index contributed by atoms with van der Waals surface area (Å²) in [5.41, 5.74) is 3.13. The Bertz CT molecular complexity index is 1200. The molecule has 196 valence electrons. The molecule has 0 spiro atoms. The minimum Gasteiger partial charge on any atom is -0.410 e. The van der Waals surface area contributed by atoms with E-state index < -0.39 is 17.4 Å². The van der Waals surface area contributed by atoms with Crippen molar-refractivity contribution in [1.29, 1.82) is 0 Å². The standard InChI is InChI=1S/C26H28F2N4O5/c1-36-11-10-21-14-24(30-29-21)20-13-19(18-4-2-17(3-5-18)12-25(27)28)15-31(16-20)26(33)37-23-8-6-22(7-9-23)32(34)35/h2-9,14,19-20,25H,10-13,15-16H2,1H3,(H,29,30). The predicted molar refractivity (Wildman–Crippen MR) is 131 cm³/mol. The van der Waals surface area contributed by atoms with Gasteiger partial charge in [-0.2, -0.15) is 5.10 Å². The summed E-state index contributed by atoms with van der Waals surface area (Å²) in [4.78, 5) is 25.1. The van der Waals surface area contributed by atoms with Crippen LogP contribution in [0.15, 0.2) is 54.6 Å². The molecule has 11 heteroatoms. The number of rotatable bonds is 9. The number of piperidine rings is 1. The Kier molecular flexibility index (Phi) is 8.44. The molecule has 1 amide bonds. The van der Waals surface area contributed by atoms with Crippen molar-refractivity contribution in [2.75, 3.05) is 26.8 Å². The summed E-state index contributed by atoms with van der Waals surface area (Å²) in [6.45, 7) is 1.30. The average molecular weight is 515 g/mol. The van der Waals surface area contributed by atoms with E-state index in [1.165, 1.54) is 24.3 Å². The van der Waals surface area contributed by atoms with Crippen LogP contribution in [0.25, 0.3) is 0 Å². The van der Waals surface area contributed by atoms with Crippen LogP contribution in [0.5, 0.6) is 5.75 Å². The Morgan fingerprint density at radius 2 is 1.86 bits per heavy atom. The highest BCUT2D eigenvalue weighted by molar-refractivity contribution is 5.71. The van der Waals surface area contributed by atoms with Crippen LogP contribution in [0, 0.1) is 10.1 Å². The van der Waals surface area contributed by atoms with Crippen LogP contribution < -0.4 is 4.74 Å². The third-order valence-electron chi connectivity index (χ3n) is 6.45. The van der Waals surface area contributed by atoms with E-state index >= 15 is 0 Å². The second-order valence-corrected chi connectivity index (χ2v) is 9.05. The number of H-pyrrole nitrogens is 1. The molecule has 0 saturated carbocycles. The van der Waals surface area contributed by atoms with E-state index in [1.807, 2.05) is 18.2 Å². The number of nitro benzene ring substituents is 1. The summed E-state index contributed by atoms with van der Waals surface area (Å²) in [6.07, 6.45) is -1.91. The van der Waals surface area contributed by atoms with Gasteiger partial charge in [0.05, 0.1) is 17.2 Å². The van der Waals surface area contributed by atoms with E-state index in [9.17, 15) is 23.7 Å². The van der Waals surface area contributed by atoms with Crippen LogP contribution in [0.2, 0.25) is 0 Å². The lowest BCUT2D eigenvalue weighted by Gasteiger charge is -2.36. The summed E-state index contributed by atoms with van der Waals surface area (Å²) < 4.78 is 36.2. The molecule has 2 heterocycles. The maximum atomic E-state index is 13.1. The zero-order chi connectivity index (χ0) is 26.4. The summed E-state index contributed by atoms with van der Waals surface area (Å²) in [6, 6.07) is 14.3. The van der Waals surface area contributed by atoms with Crippen molar-refractivity contribution in [3.05, 3.63) is 87.2 Å². The molecular weight excluding hydrogens is 486 g/mol. The van der Waals surface area contributed by atoms with Gasteiger partial charge in [-0.3, -0.25) is 15.2 Å². The third kappa shape index (κ3) is 6.88. The number of benzene rings is 2. The number of methoxy groups -OCH3 is 1. The van der Waals surface area contributed by atoms with E-state index in [0.29, 0.717) is 38.1 Å². The molecule has 2 aromatic carbocycles. The molecule has 1 aromatic heterocycles. The smallest absolute Gasteiger partial charge is 0.410 e. The number of halogens is 2. The summed E-state index contributed by atoms with van der Waals surface area (Å²) in [5, 5.41) is 18.4. The van der Waals surface area contributed by atoms with Crippen LogP contribution in [0.3, 0.4) is 0 Å².